The van der Waals surface area contributed by atoms with Crippen LogP contribution >= 0.6 is 0 Å². The van der Waals surface area contributed by atoms with Crippen LogP contribution in [0.25, 0.3) is 0 Å². The van der Waals surface area contributed by atoms with E-state index >= 15 is 0 Å². The second kappa shape index (κ2) is 14.4. The van der Waals surface area contributed by atoms with Gasteiger partial charge < -0.3 is 14.8 Å². The van der Waals surface area contributed by atoms with E-state index < -0.39 is 0 Å². The van der Waals surface area contributed by atoms with Gasteiger partial charge in [0.2, 0.25) is 5.91 Å². The normalized spacial score (nSPS) is 20.1. The van der Waals surface area contributed by atoms with Gasteiger partial charge in [-0.25, -0.2) is 0 Å². The van der Waals surface area contributed by atoms with Gasteiger partial charge in [0, 0.05) is 38.2 Å². The highest BCUT2D eigenvalue weighted by Gasteiger charge is 2.31. The summed E-state index contributed by atoms with van der Waals surface area (Å²) in [4.78, 5) is 15.2. The van der Waals surface area contributed by atoms with E-state index in [1.165, 1.54) is 25.7 Å². The number of amides is 1. The number of ether oxygens (including phenoxy) is 2. The number of hydrogen-bond donors (Lipinski definition) is 1. The van der Waals surface area contributed by atoms with Crippen LogP contribution in [0.2, 0.25) is 0 Å². The van der Waals surface area contributed by atoms with Gasteiger partial charge in [0.25, 0.3) is 0 Å². The van der Waals surface area contributed by atoms with Gasteiger partial charge >= 0.3 is 0 Å². The van der Waals surface area contributed by atoms with E-state index in [1.54, 1.807) is 0 Å². The molecule has 1 aliphatic heterocycles. The maximum atomic E-state index is 12.8. The molecule has 1 aliphatic rings. The summed E-state index contributed by atoms with van der Waals surface area (Å²) in [6.45, 7) is 19.0. The Labute approximate surface area is 186 Å². The maximum absolute atomic E-state index is 12.8. The fourth-order valence-electron chi connectivity index (χ4n) is 3.92. The molecule has 0 saturated carbocycles. The summed E-state index contributed by atoms with van der Waals surface area (Å²) < 4.78 is 11.7. The quantitative estimate of drug-likeness (QED) is 0.373. The monoisotopic (exact) mass is 426 g/mol. The van der Waals surface area contributed by atoms with Crippen molar-refractivity contribution in [2.24, 2.45) is 10.8 Å². The highest BCUT2D eigenvalue weighted by Crippen LogP contribution is 2.29. The summed E-state index contributed by atoms with van der Waals surface area (Å²) >= 11 is 0. The minimum absolute atomic E-state index is 0.0739. The molecule has 1 amide bonds. The summed E-state index contributed by atoms with van der Waals surface area (Å²) in [5.41, 5.74) is 0.123. The summed E-state index contributed by atoms with van der Waals surface area (Å²) in [7, 11) is 0. The number of rotatable bonds is 15. The fourth-order valence-corrected chi connectivity index (χ4v) is 3.92. The zero-order chi connectivity index (χ0) is 22.5. The van der Waals surface area contributed by atoms with Crippen molar-refractivity contribution in [1.29, 1.82) is 0 Å². The molecule has 1 heterocycles. The molecular weight excluding hydrogens is 376 g/mol. The third kappa shape index (κ3) is 11.7. The lowest BCUT2D eigenvalue weighted by Crippen LogP contribution is -2.50. The van der Waals surface area contributed by atoms with Gasteiger partial charge in [0.15, 0.2) is 0 Å². The van der Waals surface area contributed by atoms with Crippen molar-refractivity contribution in [1.82, 2.24) is 10.2 Å². The first-order chi connectivity index (χ1) is 14.2. The Morgan fingerprint density at radius 3 is 2.50 bits per heavy atom. The van der Waals surface area contributed by atoms with E-state index in [9.17, 15) is 4.79 Å². The first-order valence-electron chi connectivity index (χ1n) is 12.4. The van der Waals surface area contributed by atoms with Gasteiger partial charge in [-0.15, -0.1) is 0 Å². The first-order valence-corrected chi connectivity index (χ1v) is 12.4. The molecule has 0 aromatic rings. The largest absolute Gasteiger partial charge is 0.380 e. The summed E-state index contributed by atoms with van der Waals surface area (Å²) in [5, 5.41) is 3.18. The molecule has 30 heavy (non-hydrogen) atoms. The van der Waals surface area contributed by atoms with E-state index in [1.807, 2.05) is 0 Å². The van der Waals surface area contributed by atoms with Crippen LogP contribution in [0, 0.1) is 10.8 Å². The van der Waals surface area contributed by atoms with Crippen LogP contribution in [0.3, 0.4) is 0 Å². The zero-order valence-electron chi connectivity index (χ0n) is 20.9. The SMILES string of the molecule is CCCCCCC(C)(CC)C(=O)NCC1CN(CCOCCCC(C)(C)C)CCO1. The highest BCUT2D eigenvalue weighted by molar-refractivity contribution is 5.82. The van der Waals surface area contributed by atoms with Crippen molar-refractivity contribution in [3.8, 4) is 0 Å². The zero-order valence-corrected chi connectivity index (χ0v) is 20.9. The van der Waals surface area contributed by atoms with Crippen LogP contribution in [-0.2, 0) is 14.3 Å². The second-order valence-electron chi connectivity index (χ2n) is 10.5. The molecule has 0 bridgehead atoms. The summed E-state index contributed by atoms with van der Waals surface area (Å²) in [6.07, 6.45) is 9.09. The predicted octanol–water partition coefficient (Wildman–Crippen LogP) is 5.03. The van der Waals surface area contributed by atoms with Gasteiger partial charge in [-0.05, 0) is 31.1 Å². The van der Waals surface area contributed by atoms with E-state index in [-0.39, 0.29) is 17.4 Å². The molecule has 1 saturated heterocycles. The van der Waals surface area contributed by atoms with Crippen molar-refractivity contribution >= 4 is 5.91 Å². The predicted molar refractivity (Wildman–Crippen MR) is 126 cm³/mol. The van der Waals surface area contributed by atoms with Crippen molar-refractivity contribution in [3.05, 3.63) is 0 Å². The Balaban J connectivity index is 2.26. The smallest absolute Gasteiger partial charge is 0.226 e. The van der Waals surface area contributed by atoms with Crippen LogP contribution in [-0.4, -0.2) is 62.9 Å². The molecule has 178 valence electrons. The van der Waals surface area contributed by atoms with Crippen LogP contribution in [0.5, 0.6) is 0 Å². The molecule has 1 rings (SSSR count). The van der Waals surface area contributed by atoms with Crippen LogP contribution in [0.15, 0.2) is 0 Å². The average Bonchev–Trinajstić information content (AvgIpc) is 2.71. The second-order valence-corrected chi connectivity index (χ2v) is 10.5. The van der Waals surface area contributed by atoms with E-state index in [0.29, 0.717) is 12.0 Å². The van der Waals surface area contributed by atoms with E-state index in [2.05, 4.69) is 51.8 Å². The van der Waals surface area contributed by atoms with Crippen LogP contribution in [0.4, 0.5) is 0 Å². The molecular formula is C25H50N2O3. The lowest BCUT2D eigenvalue weighted by Gasteiger charge is -2.34. The number of nitrogens with zero attached hydrogens (tertiary/aromatic N) is 1. The van der Waals surface area contributed by atoms with Gasteiger partial charge in [-0.3, -0.25) is 9.69 Å². The fraction of sp³-hybridized carbons (Fsp3) is 0.960. The summed E-state index contributed by atoms with van der Waals surface area (Å²) in [5.74, 6) is 0.185. The number of hydrogen-bond acceptors (Lipinski definition) is 4. The summed E-state index contributed by atoms with van der Waals surface area (Å²) in [6, 6.07) is 0. The Bertz CT molecular complexity index is 464. The number of carbonyl (C=O) groups excluding carboxylic acids is 1. The third-order valence-electron chi connectivity index (χ3n) is 6.39. The van der Waals surface area contributed by atoms with Crippen molar-refractivity contribution in [3.63, 3.8) is 0 Å². The van der Waals surface area contributed by atoms with Crippen molar-refractivity contribution in [2.75, 3.05) is 46.0 Å². The van der Waals surface area contributed by atoms with Gasteiger partial charge in [-0.1, -0.05) is 67.2 Å². The highest BCUT2D eigenvalue weighted by atomic mass is 16.5. The standard InChI is InChI=1S/C25H50N2O3/c1-7-9-10-11-14-25(6,8-2)23(28)26-20-22-21-27(16-19-30-22)15-18-29-17-12-13-24(3,4)5/h22H,7-21H2,1-6H3,(H,26,28). The van der Waals surface area contributed by atoms with Gasteiger partial charge in [0.05, 0.1) is 19.3 Å². The average molecular weight is 427 g/mol. The number of nitrogens with one attached hydrogen (secondary N) is 1. The van der Waals surface area contributed by atoms with E-state index in [4.69, 9.17) is 9.47 Å². The number of carbonyl (C=O) groups is 1. The third-order valence-corrected chi connectivity index (χ3v) is 6.39. The minimum atomic E-state index is -0.261. The molecule has 2 unspecified atom stereocenters. The maximum Gasteiger partial charge on any atom is 0.226 e. The molecule has 0 aromatic carbocycles. The van der Waals surface area contributed by atoms with Gasteiger partial charge in [-0.2, -0.15) is 0 Å². The van der Waals surface area contributed by atoms with Crippen LogP contribution in [0.1, 0.15) is 92.9 Å². The Kier molecular flexibility index (Phi) is 13.2. The van der Waals surface area contributed by atoms with Crippen molar-refractivity contribution < 1.29 is 14.3 Å². The molecule has 1 fully saturated rings. The Morgan fingerprint density at radius 2 is 1.83 bits per heavy atom. The molecule has 0 radical (unpaired) electrons. The first kappa shape index (κ1) is 27.4. The van der Waals surface area contributed by atoms with E-state index in [0.717, 1.165) is 65.1 Å². The molecule has 1 N–H and O–H groups in total. The molecule has 0 spiro atoms. The number of unbranched alkanes of at least 4 members (excludes halogenated alkanes) is 3. The minimum Gasteiger partial charge on any atom is -0.380 e. The Morgan fingerprint density at radius 1 is 1.07 bits per heavy atom. The molecule has 0 aromatic heterocycles. The molecule has 0 aliphatic carbocycles. The molecule has 5 heteroatoms. The van der Waals surface area contributed by atoms with Crippen LogP contribution < -0.4 is 5.32 Å². The van der Waals surface area contributed by atoms with Crippen molar-refractivity contribution in [2.45, 2.75) is 99.0 Å². The molecule has 5 nitrogen and oxygen atoms in total. The Hall–Kier alpha value is -0.650. The molecule has 2 atom stereocenters. The lowest BCUT2D eigenvalue weighted by atomic mass is 9.81. The number of morpholine rings is 1. The van der Waals surface area contributed by atoms with Gasteiger partial charge in [0.1, 0.15) is 0 Å². The topological polar surface area (TPSA) is 50.8 Å². The lowest BCUT2D eigenvalue weighted by molar-refractivity contribution is -0.132.